The smallest absolute Gasteiger partial charge is 0.232 e. The van der Waals surface area contributed by atoms with Crippen LogP contribution in [0.1, 0.15) is 57.4 Å². The van der Waals surface area contributed by atoms with Crippen molar-refractivity contribution in [3.63, 3.8) is 0 Å². The molecule has 6 nitrogen and oxygen atoms in total. The van der Waals surface area contributed by atoms with E-state index in [1.54, 1.807) is 7.11 Å². The molecule has 1 amide bonds. The number of pyridine rings is 1. The first-order valence-electron chi connectivity index (χ1n) is 10.3. The minimum absolute atomic E-state index is 0.0528. The predicted molar refractivity (Wildman–Crippen MR) is 106 cm³/mol. The van der Waals surface area contributed by atoms with Crippen LogP contribution in [0.4, 0.5) is 5.82 Å². The number of nitrogens with zero attached hydrogens (tertiary/aromatic N) is 2. The number of aromatic nitrogens is 1. The standard InChI is InChI=1S/C21H33N3O3/c1-15(2)18-9-10-19(23-20(18)27-13-5-12-26-3)24(17-7-8-17)21(25)16-6-4-11-22-14-16/h9-10,15-17,22H,4-8,11-14H2,1-3H3/t16-/m1/s1. The number of nitrogens with one attached hydrogen (secondary N) is 1. The molecule has 1 atom stereocenters. The van der Waals surface area contributed by atoms with Crippen molar-refractivity contribution < 1.29 is 14.3 Å². The van der Waals surface area contributed by atoms with E-state index in [2.05, 4.69) is 25.2 Å². The molecule has 1 N–H and O–H groups in total. The lowest BCUT2D eigenvalue weighted by atomic mass is 9.98. The largest absolute Gasteiger partial charge is 0.477 e. The molecule has 0 unspecified atom stereocenters. The maximum atomic E-state index is 13.2. The molecule has 0 bridgehead atoms. The number of hydrogen-bond acceptors (Lipinski definition) is 5. The van der Waals surface area contributed by atoms with E-state index in [4.69, 9.17) is 14.5 Å². The van der Waals surface area contributed by atoms with E-state index in [1.165, 1.54) is 0 Å². The molecule has 1 aromatic heterocycles. The van der Waals surface area contributed by atoms with Gasteiger partial charge < -0.3 is 14.8 Å². The first-order chi connectivity index (χ1) is 13.1. The van der Waals surface area contributed by atoms with Crippen molar-refractivity contribution >= 4 is 11.7 Å². The molecular formula is C21H33N3O3. The minimum Gasteiger partial charge on any atom is -0.477 e. The number of rotatable bonds is 9. The van der Waals surface area contributed by atoms with Crippen LogP contribution in [-0.2, 0) is 9.53 Å². The molecule has 150 valence electrons. The summed E-state index contributed by atoms with van der Waals surface area (Å²) in [5.74, 6) is 1.96. The molecule has 0 radical (unpaired) electrons. The molecule has 1 aliphatic carbocycles. The van der Waals surface area contributed by atoms with Gasteiger partial charge in [0.25, 0.3) is 0 Å². The van der Waals surface area contributed by atoms with Crippen LogP contribution in [0.2, 0.25) is 0 Å². The van der Waals surface area contributed by atoms with E-state index >= 15 is 0 Å². The summed E-state index contributed by atoms with van der Waals surface area (Å²) in [5, 5.41) is 3.35. The first-order valence-corrected chi connectivity index (χ1v) is 10.3. The predicted octanol–water partition coefficient (Wildman–Crippen LogP) is 3.12. The number of piperidine rings is 1. The fourth-order valence-electron chi connectivity index (χ4n) is 3.57. The van der Waals surface area contributed by atoms with Crippen LogP contribution in [0.3, 0.4) is 0 Å². The van der Waals surface area contributed by atoms with E-state index in [1.807, 2.05) is 11.0 Å². The highest BCUT2D eigenvalue weighted by atomic mass is 16.5. The summed E-state index contributed by atoms with van der Waals surface area (Å²) in [6.07, 6.45) is 4.95. The Hall–Kier alpha value is -1.66. The van der Waals surface area contributed by atoms with Crippen molar-refractivity contribution in [3.05, 3.63) is 17.7 Å². The van der Waals surface area contributed by atoms with Crippen LogP contribution < -0.4 is 15.0 Å². The lowest BCUT2D eigenvalue weighted by Gasteiger charge is -2.29. The summed E-state index contributed by atoms with van der Waals surface area (Å²) in [7, 11) is 1.69. The second-order valence-corrected chi connectivity index (χ2v) is 7.90. The summed E-state index contributed by atoms with van der Waals surface area (Å²) in [5.41, 5.74) is 1.08. The number of amides is 1. The van der Waals surface area contributed by atoms with Crippen molar-refractivity contribution in [2.24, 2.45) is 5.92 Å². The summed E-state index contributed by atoms with van der Waals surface area (Å²) in [4.78, 5) is 19.9. The van der Waals surface area contributed by atoms with Crippen LogP contribution in [0, 0.1) is 5.92 Å². The Morgan fingerprint density at radius 1 is 1.30 bits per heavy atom. The third-order valence-electron chi connectivity index (χ3n) is 5.27. The maximum Gasteiger partial charge on any atom is 0.232 e. The van der Waals surface area contributed by atoms with Crippen molar-refractivity contribution in [3.8, 4) is 5.88 Å². The second-order valence-electron chi connectivity index (χ2n) is 7.90. The van der Waals surface area contributed by atoms with Gasteiger partial charge in [-0.3, -0.25) is 9.69 Å². The molecule has 0 spiro atoms. The average molecular weight is 376 g/mol. The monoisotopic (exact) mass is 375 g/mol. The molecular weight excluding hydrogens is 342 g/mol. The fraction of sp³-hybridized carbons (Fsp3) is 0.714. The van der Waals surface area contributed by atoms with Gasteiger partial charge in [0.15, 0.2) is 0 Å². The Kier molecular flexibility index (Phi) is 7.07. The van der Waals surface area contributed by atoms with Crippen LogP contribution in [0.5, 0.6) is 5.88 Å². The topological polar surface area (TPSA) is 63.7 Å². The van der Waals surface area contributed by atoms with Gasteiger partial charge in [0, 0.05) is 38.3 Å². The molecule has 1 aliphatic heterocycles. The van der Waals surface area contributed by atoms with Crippen molar-refractivity contribution in [1.82, 2.24) is 10.3 Å². The van der Waals surface area contributed by atoms with Crippen molar-refractivity contribution in [2.75, 3.05) is 38.3 Å². The number of carbonyl (C=O) groups excluding carboxylic acids is 1. The molecule has 3 rings (SSSR count). The number of carbonyl (C=O) groups is 1. The van der Waals surface area contributed by atoms with Gasteiger partial charge in [-0.2, -0.15) is 4.98 Å². The number of methoxy groups -OCH3 is 1. The summed E-state index contributed by atoms with van der Waals surface area (Å²) >= 11 is 0. The molecule has 6 heteroatoms. The first kappa shape index (κ1) is 20.1. The molecule has 0 aromatic carbocycles. The van der Waals surface area contributed by atoms with Gasteiger partial charge in [0.05, 0.1) is 12.5 Å². The summed E-state index contributed by atoms with van der Waals surface area (Å²) in [6, 6.07) is 4.35. The number of ether oxygens (including phenoxy) is 2. The lowest BCUT2D eigenvalue weighted by Crippen LogP contribution is -2.44. The Morgan fingerprint density at radius 3 is 2.74 bits per heavy atom. The third kappa shape index (κ3) is 5.20. The molecule has 1 aromatic rings. The summed E-state index contributed by atoms with van der Waals surface area (Å²) < 4.78 is 11.1. The van der Waals surface area contributed by atoms with E-state index in [0.717, 1.165) is 56.6 Å². The second kappa shape index (κ2) is 9.51. The third-order valence-corrected chi connectivity index (χ3v) is 5.27. The molecule has 2 fully saturated rings. The normalized spacial score (nSPS) is 19.9. The number of anilines is 1. The SMILES string of the molecule is COCCCOc1nc(N(C(=O)[C@@H]2CCCNC2)C2CC2)ccc1C(C)C. The van der Waals surface area contributed by atoms with Gasteiger partial charge in [-0.05, 0) is 50.3 Å². The molecule has 1 saturated carbocycles. The van der Waals surface area contributed by atoms with Gasteiger partial charge in [0.2, 0.25) is 11.8 Å². The molecule has 2 aliphatic rings. The summed E-state index contributed by atoms with van der Waals surface area (Å²) in [6.45, 7) is 7.28. The number of hydrogen-bond donors (Lipinski definition) is 1. The average Bonchev–Trinajstić information content (AvgIpc) is 3.51. The fourth-order valence-corrected chi connectivity index (χ4v) is 3.57. The van der Waals surface area contributed by atoms with E-state index < -0.39 is 0 Å². The highest BCUT2D eigenvalue weighted by molar-refractivity contribution is 5.95. The van der Waals surface area contributed by atoms with E-state index in [0.29, 0.717) is 25.0 Å². The van der Waals surface area contributed by atoms with E-state index in [-0.39, 0.29) is 17.9 Å². The van der Waals surface area contributed by atoms with Crippen LogP contribution >= 0.6 is 0 Å². The highest BCUT2D eigenvalue weighted by Crippen LogP contribution is 2.35. The van der Waals surface area contributed by atoms with Crippen LogP contribution in [-0.4, -0.2) is 50.3 Å². The van der Waals surface area contributed by atoms with Crippen LogP contribution in [0.25, 0.3) is 0 Å². The molecule has 27 heavy (non-hydrogen) atoms. The molecule has 2 heterocycles. The van der Waals surface area contributed by atoms with Gasteiger partial charge in [0.1, 0.15) is 5.82 Å². The van der Waals surface area contributed by atoms with Crippen molar-refractivity contribution in [1.29, 1.82) is 0 Å². The van der Waals surface area contributed by atoms with Gasteiger partial charge >= 0.3 is 0 Å². The Balaban J connectivity index is 1.80. The van der Waals surface area contributed by atoms with Gasteiger partial charge in [-0.15, -0.1) is 0 Å². The highest BCUT2D eigenvalue weighted by Gasteiger charge is 2.38. The zero-order chi connectivity index (χ0) is 19.2. The zero-order valence-corrected chi connectivity index (χ0v) is 16.9. The van der Waals surface area contributed by atoms with Crippen LogP contribution in [0.15, 0.2) is 12.1 Å². The Bertz CT molecular complexity index is 625. The van der Waals surface area contributed by atoms with E-state index in [9.17, 15) is 4.79 Å². The van der Waals surface area contributed by atoms with Gasteiger partial charge in [-0.1, -0.05) is 13.8 Å². The van der Waals surface area contributed by atoms with Gasteiger partial charge in [-0.25, -0.2) is 0 Å². The minimum atomic E-state index is 0.0528. The Morgan fingerprint density at radius 2 is 2.11 bits per heavy atom. The zero-order valence-electron chi connectivity index (χ0n) is 16.9. The molecule has 1 saturated heterocycles. The Labute approximate surface area is 162 Å². The maximum absolute atomic E-state index is 13.2. The lowest BCUT2D eigenvalue weighted by molar-refractivity contribution is -0.123. The van der Waals surface area contributed by atoms with Crippen molar-refractivity contribution in [2.45, 2.75) is 57.9 Å². The quantitative estimate of drug-likeness (QED) is 0.672.